The maximum atomic E-state index is 13.7. The molecule has 90 valence electrons. The quantitative estimate of drug-likeness (QED) is 0.670. The fourth-order valence-corrected chi connectivity index (χ4v) is 2.19. The first-order valence-corrected chi connectivity index (χ1v) is 5.91. The Labute approximate surface area is 105 Å². The summed E-state index contributed by atoms with van der Waals surface area (Å²) in [5.74, 6) is 0.731. The molecule has 0 aliphatic rings. The van der Waals surface area contributed by atoms with Gasteiger partial charge in [0.25, 0.3) is 0 Å². The second kappa shape index (κ2) is 4.26. The van der Waals surface area contributed by atoms with Crippen molar-refractivity contribution in [2.75, 3.05) is 0 Å². The zero-order valence-electron chi connectivity index (χ0n) is 10.1. The second-order valence-electron chi connectivity index (χ2n) is 4.33. The van der Waals surface area contributed by atoms with Gasteiger partial charge < -0.3 is 4.57 Å². The van der Waals surface area contributed by atoms with Crippen LogP contribution in [0.4, 0.5) is 4.39 Å². The Hall–Kier alpha value is -2.16. The first kappa shape index (κ1) is 11.0. The van der Waals surface area contributed by atoms with Gasteiger partial charge in [0, 0.05) is 5.56 Å². The summed E-state index contributed by atoms with van der Waals surface area (Å²) in [5, 5.41) is 0. The van der Waals surface area contributed by atoms with Gasteiger partial charge >= 0.3 is 0 Å². The number of hydrogen-bond acceptors (Lipinski definition) is 1. The van der Waals surface area contributed by atoms with E-state index in [0.29, 0.717) is 12.1 Å². The first-order chi connectivity index (χ1) is 8.75. The normalized spacial score (nSPS) is 11.0. The van der Waals surface area contributed by atoms with Crippen molar-refractivity contribution in [1.29, 1.82) is 0 Å². The highest BCUT2D eigenvalue weighted by molar-refractivity contribution is 5.75. The van der Waals surface area contributed by atoms with Crippen LogP contribution in [0.2, 0.25) is 0 Å². The standard InChI is InChI=1S/C15H13FN2/c1-11-17-14-8-4-5-9-15(14)18(11)10-12-6-2-3-7-13(12)16/h2-9H,10H2,1H3. The minimum absolute atomic E-state index is 0.172. The minimum Gasteiger partial charge on any atom is -0.324 e. The van der Waals surface area contributed by atoms with Crippen LogP contribution in [0.1, 0.15) is 11.4 Å². The summed E-state index contributed by atoms with van der Waals surface area (Å²) in [6.07, 6.45) is 0. The van der Waals surface area contributed by atoms with Crippen molar-refractivity contribution in [2.45, 2.75) is 13.5 Å². The first-order valence-electron chi connectivity index (χ1n) is 5.91. The van der Waals surface area contributed by atoms with Crippen LogP contribution in [0.3, 0.4) is 0 Å². The predicted octanol–water partition coefficient (Wildman–Crippen LogP) is 3.53. The van der Waals surface area contributed by atoms with E-state index in [0.717, 1.165) is 16.9 Å². The molecule has 1 heterocycles. The molecule has 3 heteroatoms. The molecule has 0 atom stereocenters. The SMILES string of the molecule is Cc1nc2ccccc2n1Cc1ccccc1F. The third-order valence-electron chi connectivity index (χ3n) is 3.13. The van der Waals surface area contributed by atoms with Gasteiger partial charge in [-0.05, 0) is 25.1 Å². The van der Waals surface area contributed by atoms with Gasteiger partial charge in [-0.2, -0.15) is 0 Å². The number of para-hydroxylation sites is 2. The van der Waals surface area contributed by atoms with Crippen LogP contribution in [0.25, 0.3) is 11.0 Å². The number of halogens is 1. The Morgan fingerprint density at radius 1 is 1.06 bits per heavy atom. The smallest absolute Gasteiger partial charge is 0.128 e. The van der Waals surface area contributed by atoms with Gasteiger partial charge in [-0.1, -0.05) is 30.3 Å². The van der Waals surface area contributed by atoms with E-state index >= 15 is 0 Å². The Kier molecular flexibility index (Phi) is 2.59. The number of rotatable bonds is 2. The molecule has 0 amide bonds. The maximum Gasteiger partial charge on any atom is 0.128 e. The summed E-state index contributed by atoms with van der Waals surface area (Å²) in [4.78, 5) is 4.48. The molecular weight excluding hydrogens is 227 g/mol. The highest BCUT2D eigenvalue weighted by atomic mass is 19.1. The van der Waals surface area contributed by atoms with E-state index in [-0.39, 0.29) is 5.82 Å². The summed E-state index contributed by atoms with van der Waals surface area (Å²) in [6.45, 7) is 2.46. The minimum atomic E-state index is -0.172. The van der Waals surface area contributed by atoms with Crippen molar-refractivity contribution in [1.82, 2.24) is 9.55 Å². The van der Waals surface area contributed by atoms with Gasteiger partial charge in [-0.15, -0.1) is 0 Å². The molecule has 2 nitrogen and oxygen atoms in total. The van der Waals surface area contributed by atoms with Crippen molar-refractivity contribution in [3.8, 4) is 0 Å². The molecule has 1 aromatic heterocycles. The van der Waals surface area contributed by atoms with Crippen molar-refractivity contribution < 1.29 is 4.39 Å². The monoisotopic (exact) mass is 240 g/mol. The van der Waals surface area contributed by atoms with E-state index in [2.05, 4.69) is 4.98 Å². The molecule has 0 saturated carbocycles. The number of hydrogen-bond donors (Lipinski definition) is 0. The van der Waals surface area contributed by atoms with E-state index in [9.17, 15) is 4.39 Å². The number of imidazole rings is 1. The Morgan fingerprint density at radius 2 is 1.78 bits per heavy atom. The number of aryl methyl sites for hydroxylation is 1. The van der Waals surface area contributed by atoms with Crippen LogP contribution in [-0.2, 0) is 6.54 Å². The van der Waals surface area contributed by atoms with Crippen LogP contribution in [-0.4, -0.2) is 9.55 Å². The lowest BCUT2D eigenvalue weighted by Gasteiger charge is -2.07. The average molecular weight is 240 g/mol. The molecule has 0 fully saturated rings. The molecule has 0 unspecified atom stereocenters. The maximum absolute atomic E-state index is 13.7. The van der Waals surface area contributed by atoms with Gasteiger partial charge in [0.15, 0.2) is 0 Å². The van der Waals surface area contributed by atoms with Gasteiger partial charge in [-0.25, -0.2) is 9.37 Å². The highest BCUT2D eigenvalue weighted by Gasteiger charge is 2.08. The second-order valence-corrected chi connectivity index (χ2v) is 4.33. The summed E-state index contributed by atoms with van der Waals surface area (Å²) in [5.41, 5.74) is 2.67. The van der Waals surface area contributed by atoms with Crippen LogP contribution >= 0.6 is 0 Å². The molecule has 0 radical (unpaired) electrons. The highest BCUT2D eigenvalue weighted by Crippen LogP contribution is 2.18. The molecule has 3 rings (SSSR count). The molecule has 3 aromatic rings. The largest absolute Gasteiger partial charge is 0.324 e. The molecule has 0 spiro atoms. The molecular formula is C15H13FN2. The van der Waals surface area contributed by atoms with Crippen LogP contribution in [0, 0.1) is 12.7 Å². The fraction of sp³-hybridized carbons (Fsp3) is 0.133. The number of benzene rings is 2. The van der Waals surface area contributed by atoms with Gasteiger partial charge in [0.1, 0.15) is 11.6 Å². The Bertz CT molecular complexity index is 701. The van der Waals surface area contributed by atoms with Crippen molar-refractivity contribution >= 4 is 11.0 Å². The number of fused-ring (bicyclic) bond motifs is 1. The average Bonchev–Trinajstić information content (AvgIpc) is 2.69. The summed E-state index contributed by atoms with van der Waals surface area (Å²) in [7, 11) is 0. The van der Waals surface area contributed by atoms with Crippen LogP contribution in [0.5, 0.6) is 0 Å². The topological polar surface area (TPSA) is 17.8 Å². The van der Waals surface area contributed by atoms with Crippen LogP contribution in [0.15, 0.2) is 48.5 Å². The molecule has 0 N–H and O–H groups in total. The lowest BCUT2D eigenvalue weighted by Crippen LogP contribution is -2.03. The summed E-state index contributed by atoms with van der Waals surface area (Å²) < 4.78 is 15.7. The van der Waals surface area contributed by atoms with E-state index in [1.165, 1.54) is 6.07 Å². The van der Waals surface area contributed by atoms with E-state index < -0.39 is 0 Å². The number of aromatic nitrogens is 2. The number of nitrogens with zero attached hydrogens (tertiary/aromatic N) is 2. The third kappa shape index (κ3) is 1.78. The predicted molar refractivity (Wildman–Crippen MR) is 70.0 cm³/mol. The van der Waals surface area contributed by atoms with E-state index in [4.69, 9.17) is 0 Å². The third-order valence-corrected chi connectivity index (χ3v) is 3.13. The molecule has 0 aliphatic carbocycles. The Balaban J connectivity index is 2.10. The van der Waals surface area contributed by atoms with Gasteiger partial charge in [-0.3, -0.25) is 0 Å². The molecule has 2 aromatic carbocycles. The molecule has 18 heavy (non-hydrogen) atoms. The van der Waals surface area contributed by atoms with Crippen molar-refractivity contribution in [3.05, 3.63) is 65.7 Å². The fourth-order valence-electron chi connectivity index (χ4n) is 2.19. The van der Waals surface area contributed by atoms with Gasteiger partial charge in [0.05, 0.1) is 17.6 Å². The van der Waals surface area contributed by atoms with Crippen LogP contribution < -0.4 is 0 Å². The lowest BCUT2D eigenvalue weighted by molar-refractivity contribution is 0.599. The Morgan fingerprint density at radius 3 is 2.61 bits per heavy atom. The summed E-state index contributed by atoms with van der Waals surface area (Å²) >= 11 is 0. The van der Waals surface area contributed by atoms with Crippen molar-refractivity contribution in [3.63, 3.8) is 0 Å². The van der Waals surface area contributed by atoms with Gasteiger partial charge in [0.2, 0.25) is 0 Å². The van der Waals surface area contributed by atoms with E-state index in [1.54, 1.807) is 6.07 Å². The molecule has 0 aliphatic heterocycles. The van der Waals surface area contributed by atoms with Crippen molar-refractivity contribution in [2.24, 2.45) is 0 Å². The zero-order chi connectivity index (χ0) is 12.5. The lowest BCUT2D eigenvalue weighted by atomic mass is 10.2. The summed E-state index contributed by atoms with van der Waals surface area (Å²) in [6, 6.07) is 14.8. The molecule has 0 saturated heterocycles. The molecule has 0 bridgehead atoms. The van der Waals surface area contributed by atoms with E-state index in [1.807, 2.05) is 47.9 Å². The zero-order valence-corrected chi connectivity index (χ0v) is 10.1.